The van der Waals surface area contributed by atoms with Gasteiger partial charge in [-0.1, -0.05) is 0 Å². The van der Waals surface area contributed by atoms with Crippen LogP contribution in [0.1, 0.15) is 12.0 Å². The summed E-state index contributed by atoms with van der Waals surface area (Å²) < 4.78 is 23.0. The number of benzene rings is 1. The first-order valence-corrected chi connectivity index (χ1v) is 12.3. The topological polar surface area (TPSA) is 105 Å². The highest BCUT2D eigenvalue weighted by molar-refractivity contribution is 5.88. The highest BCUT2D eigenvalue weighted by atomic mass is 19.1. The molecular formula is C26H24FN9O. The monoisotopic (exact) mass is 497 g/mol. The van der Waals surface area contributed by atoms with Crippen molar-refractivity contribution in [1.29, 1.82) is 0 Å². The van der Waals surface area contributed by atoms with Crippen molar-refractivity contribution in [3.05, 3.63) is 66.6 Å². The van der Waals surface area contributed by atoms with E-state index >= 15 is 4.39 Å². The van der Waals surface area contributed by atoms with Crippen molar-refractivity contribution in [2.24, 2.45) is 5.92 Å². The molecule has 10 nitrogen and oxygen atoms in total. The van der Waals surface area contributed by atoms with Crippen LogP contribution in [-0.2, 0) is 0 Å². The van der Waals surface area contributed by atoms with E-state index < -0.39 is 5.82 Å². The molecule has 186 valence electrons. The summed E-state index contributed by atoms with van der Waals surface area (Å²) in [6.45, 7) is 4.67. The van der Waals surface area contributed by atoms with Gasteiger partial charge in [-0.25, -0.2) is 28.8 Å². The van der Waals surface area contributed by atoms with Gasteiger partial charge in [0.25, 0.3) is 0 Å². The SMILES string of the molecule is Cc1c(Oc2ccn3ncnc3c2)ccc(Nc2ncnc3ccc(N4C[C@@H]5CCN[C@@H]5C4)nc23)c1F. The maximum Gasteiger partial charge on any atom is 0.160 e. The van der Waals surface area contributed by atoms with Gasteiger partial charge in [0.1, 0.15) is 35.5 Å². The van der Waals surface area contributed by atoms with E-state index in [0.29, 0.717) is 51.5 Å². The van der Waals surface area contributed by atoms with Crippen LogP contribution >= 0.6 is 0 Å². The van der Waals surface area contributed by atoms with E-state index in [1.807, 2.05) is 12.1 Å². The average Bonchev–Trinajstić information content (AvgIpc) is 3.65. The molecule has 37 heavy (non-hydrogen) atoms. The number of pyridine rings is 2. The zero-order valence-corrected chi connectivity index (χ0v) is 20.1. The standard InChI is InChI=1S/C26H24FN9O/c1-15-21(37-17-7-9-36-23(10-17)30-14-32-36)4-2-18(24(15)27)33-26-25-19(29-13-31-26)3-5-22(34-25)35-11-16-6-8-28-20(16)12-35/h2-5,7,9-10,13-14,16,20,28H,6,8,11-12H2,1H3,(H,29,31,33)/t16-,20+/m0/s1. The number of nitrogens with one attached hydrogen (secondary N) is 2. The van der Waals surface area contributed by atoms with Crippen molar-refractivity contribution >= 4 is 34.0 Å². The lowest BCUT2D eigenvalue weighted by Crippen LogP contribution is -2.30. The van der Waals surface area contributed by atoms with E-state index in [9.17, 15) is 0 Å². The zero-order chi connectivity index (χ0) is 24.9. The van der Waals surface area contributed by atoms with Crippen molar-refractivity contribution in [2.45, 2.75) is 19.4 Å². The molecule has 4 aromatic heterocycles. The van der Waals surface area contributed by atoms with E-state index in [0.717, 1.165) is 25.5 Å². The van der Waals surface area contributed by atoms with Crippen molar-refractivity contribution in [1.82, 2.24) is 34.9 Å². The Bertz CT molecular complexity index is 1630. The fourth-order valence-corrected chi connectivity index (χ4v) is 5.22. The van der Waals surface area contributed by atoms with Crippen LogP contribution in [0.3, 0.4) is 0 Å². The van der Waals surface area contributed by atoms with Crippen LogP contribution in [0.15, 0.2) is 55.2 Å². The van der Waals surface area contributed by atoms with Gasteiger partial charge in [0.2, 0.25) is 0 Å². The van der Waals surface area contributed by atoms with E-state index in [2.05, 4.69) is 35.6 Å². The highest BCUT2D eigenvalue weighted by Crippen LogP contribution is 2.34. The van der Waals surface area contributed by atoms with Crippen molar-refractivity contribution in [3.8, 4) is 11.5 Å². The van der Waals surface area contributed by atoms with Gasteiger partial charge >= 0.3 is 0 Å². The molecule has 0 aliphatic carbocycles. The van der Waals surface area contributed by atoms with E-state index in [1.165, 1.54) is 19.1 Å². The van der Waals surface area contributed by atoms with E-state index in [-0.39, 0.29) is 5.69 Å². The Morgan fingerprint density at radius 2 is 2.03 bits per heavy atom. The minimum atomic E-state index is -0.428. The van der Waals surface area contributed by atoms with Crippen LogP contribution in [0.25, 0.3) is 16.7 Å². The Kier molecular flexibility index (Phi) is 5.10. The minimum Gasteiger partial charge on any atom is -0.457 e. The number of hydrogen-bond acceptors (Lipinski definition) is 9. The molecule has 0 radical (unpaired) electrons. The molecule has 1 aromatic carbocycles. The molecule has 2 fully saturated rings. The number of ether oxygens (including phenoxy) is 1. The molecular weight excluding hydrogens is 473 g/mol. The molecule has 2 aliphatic rings. The first-order chi connectivity index (χ1) is 18.1. The van der Waals surface area contributed by atoms with Crippen LogP contribution in [0.4, 0.5) is 21.7 Å². The van der Waals surface area contributed by atoms with Crippen LogP contribution in [0.5, 0.6) is 11.5 Å². The van der Waals surface area contributed by atoms with Crippen molar-refractivity contribution < 1.29 is 9.13 Å². The fourth-order valence-electron chi connectivity index (χ4n) is 5.22. The Morgan fingerprint density at radius 1 is 1.08 bits per heavy atom. The van der Waals surface area contributed by atoms with Crippen LogP contribution < -0.4 is 20.3 Å². The quantitative estimate of drug-likeness (QED) is 0.375. The summed E-state index contributed by atoms with van der Waals surface area (Å²) >= 11 is 0. The largest absolute Gasteiger partial charge is 0.457 e. The van der Waals surface area contributed by atoms with Gasteiger partial charge in [-0.3, -0.25) is 0 Å². The molecule has 2 atom stereocenters. The number of hydrogen-bond donors (Lipinski definition) is 2. The third-order valence-electron chi connectivity index (χ3n) is 7.22. The summed E-state index contributed by atoms with van der Waals surface area (Å²) in [7, 11) is 0. The predicted octanol–water partition coefficient (Wildman–Crippen LogP) is 3.85. The van der Waals surface area contributed by atoms with Gasteiger partial charge < -0.3 is 20.3 Å². The molecule has 0 spiro atoms. The predicted molar refractivity (Wildman–Crippen MR) is 137 cm³/mol. The number of fused-ring (bicyclic) bond motifs is 3. The third-order valence-corrected chi connectivity index (χ3v) is 7.22. The van der Waals surface area contributed by atoms with Crippen LogP contribution in [-0.4, -0.2) is 55.2 Å². The second kappa shape index (κ2) is 8.63. The number of anilines is 3. The van der Waals surface area contributed by atoms with Gasteiger partial charge in [-0.05, 0) is 56.1 Å². The Labute approximate surface area is 211 Å². The van der Waals surface area contributed by atoms with Gasteiger partial charge in [-0.15, -0.1) is 0 Å². The highest BCUT2D eigenvalue weighted by Gasteiger charge is 2.36. The Hall–Kier alpha value is -4.38. The maximum absolute atomic E-state index is 15.5. The summed E-state index contributed by atoms with van der Waals surface area (Å²) in [5.41, 5.74) is 2.59. The van der Waals surface area contributed by atoms with Crippen molar-refractivity contribution in [3.63, 3.8) is 0 Å². The normalized spacial score (nSPS) is 19.0. The summed E-state index contributed by atoms with van der Waals surface area (Å²) in [6.07, 6.45) is 5.86. The Morgan fingerprint density at radius 3 is 2.95 bits per heavy atom. The number of rotatable bonds is 5. The summed E-state index contributed by atoms with van der Waals surface area (Å²) in [5.74, 6) is 2.51. The van der Waals surface area contributed by atoms with Gasteiger partial charge in [0, 0.05) is 37.0 Å². The van der Waals surface area contributed by atoms with Gasteiger partial charge in [0.15, 0.2) is 17.3 Å². The first-order valence-electron chi connectivity index (χ1n) is 12.3. The molecule has 2 aliphatic heterocycles. The van der Waals surface area contributed by atoms with Gasteiger partial charge in [-0.2, -0.15) is 5.10 Å². The molecule has 0 unspecified atom stereocenters. The lowest BCUT2D eigenvalue weighted by molar-refractivity contribution is 0.471. The van der Waals surface area contributed by atoms with E-state index in [4.69, 9.17) is 9.72 Å². The molecule has 0 bridgehead atoms. The second-order valence-corrected chi connectivity index (χ2v) is 9.48. The molecule has 0 amide bonds. The third kappa shape index (κ3) is 3.87. The lowest BCUT2D eigenvalue weighted by atomic mass is 10.1. The first kappa shape index (κ1) is 21.9. The summed E-state index contributed by atoms with van der Waals surface area (Å²) in [6, 6.07) is 11.3. The molecule has 11 heteroatoms. The zero-order valence-electron chi connectivity index (χ0n) is 20.1. The lowest BCUT2D eigenvalue weighted by Gasteiger charge is -2.19. The minimum absolute atomic E-state index is 0.282. The summed E-state index contributed by atoms with van der Waals surface area (Å²) in [5, 5.41) is 10.8. The van der Waals surface area contributed by atoms with E-state index in [1.54, 1.807) is 41.9 Å². The molecule has 7 rings (SSSR count). The average molecular weight is 498 g/mol. The summed E-state index contributed by atoms with van der Waals surface area (Å²) in [4.78, 5) is 20.1. The van der Waals surface area contributed by atoms with Crippen molar-refractivity contribution in [2.75, 3.05) is 29.9 Å². The van der Waals surface area contributed by atoms with Gasteiger partial charge in [0.05, 0.1) is 11.2 Å². The van der Waals surface area contributed by atoms with Crippen LogP contribution in [0, 0.1) is 18.7 Å². The molecule has 6 heterocycles. The maximum atomic E-state index is 15.5. The number of halogens is 1. The second-order valence-electron chi connectivity index (χ2n) is 9.48. The molecule has 2 N–H and O–H groups in total. The number of nitrogens with zero attached hydrogens (tertiary/aromatic N) is 7. The molecule has 5 aromatic rings. The van der Waals surface area contributed by atoms with Crippen LogP contribution in [0.2, 0.25) is 0 Å². The Balaban J connectivity index is 1.16. The smallest absolute Gasteiger partial charge is 0.160 e. The fraction of sp³-hybridized carbons (Fsp3) is 0.269. The molecule has 0 saturated carbocycles. The number of aromatic nitrogens is 6. The molecule has 2 saturated heterocycles.